The van der Waals surface area contributed by atoms with E-state index in [1.54, 1.807) is 6.92 Å². The predicted molar refractivity (Wildman–Crippen MR) is 44.4 cm³/mol. The minimum Gasteiger partial charge on any atom is -0.342 e. The standard InChI is InChI=1S/C6H7N7O2/c1-3-8-4(11-15-3)2-7-6(14)5-9-12-13-10-5/h2H2,1H3,(H,7,14)(H,9,10,12,13). The molecule has 0 aromatic carbocycles. The highest BCUT2D eigenvalue weighted by Crippen LogP contribution is 1.94. The van der Waals surface area contributed by atoms with Crippen LogP contribution in [0.1, 0.15) is 22.3 Å². The number of aryl methyl sites for hydroxylation is 1. The second-order valence-corrected chi connectivity index (χ2v) is 2.65. The third-order valence-electron chi connectivity index (χ3n) is 1.53. The van der Waals surface area contributed by atoms with Crippen LogP contribution in [0.5, 0.6) is 0 Å². The molecule has 1 amide bonds. The van der Waals surface area contributed by atoms with Crippen LogP contribution in [0.2, 0.25) is 0 Å². The van der Waals surface area contributed by atoms with E-state index in [1.807, 2.05) is 0 Å². The van der Waals surface area contributed by atoms with Crippen molar-refractivity contribution in [1.82, 2.24) is 36.1 Å². The first-order valence-electron chi connectivity index (χ1n) is 4.06. The van der Waals surface area contributed by atoms with Crippen molar-refractivity contribution in [2.75, 3.05) is 0 Å². The minimum absolute atomic E-state index is 0.0322. The molecular formula is C6H7N7O2. The van der Waals surface area contributed by atoms with E-state index in [2.05, 4.69) is 36.1 Å². The maximum atomic E-state index is 11.3. The molecule has 2 rings (SSSR count). The Balaban J connectivity index is 1.91. The number of carbonyl (C=O) groups is 1. The fraction of sp³-hybridized carbons (Fsp3) is 0.333. The smallest absolute Gasteiger partial charge is 0.293 e. The van der Waals surface area contributed by atoms with E-state index in [4.69, 9.17) is 4.52 Å². The molecule has 9 nitrogen and oxygen atoms in total. The van der Waals surface area contributed by atoms with Crippen LogP contribution in [0.25, 0.3) is 0 Å². The number of aromatic nitrogens is 6. The number of aromatic amines is 1. The molecule has 9 heteroatoms. The summed E-state index contributed by atoms with van der Waals surface area (Å²) in [5, 5.41) is 18.6. The first kappa shape index (κ1) is 9.24. The number of H-pyrrole nitrogens is 1. The molecule has 0 saturated carbocycles. The van der Waals surface area contributed by atoms with Crippen molar-refractivity contribution >= 4 is 5.91 Å². The third-order valence-corrected chi connectivity index (χ3v) is 1.53. The monoisotopic (exact) mass is 209 g/mol. The molecule has 2 N–H and O–H groups in total. The van der Waals surface area contributed by atoms with Gasteiger partial charge in [0.15, 0.2) is 5.82 Å². The Morgan fingerprint density at radius 1 is 1.60 bits per heavy atom. The van der Waals surface area contributed by atoms with Crippen LogP contribution in [0.3, 0.4) is 0 Å². The van der Waals surface area contributed by atoms with Gasteiger partial charge >= 0.3 is 0 Å². The van der Waals surface area contributed by atoms with Gasteiger partial charge in [-0.05, 0) is 5.21 Å². The second-order valence-electron chi connectivity index (χ2n) is 2.65. The third kappa shape index (κ3) is 2.13. The number of nitrogens with one attached hydrogen (secondary N) is 2. The zero-order valence-corrected chi connectivity index (χ0v) is 7.76. The summed E-state index contributed by atoms with van der Waals surface area (Å²) in [5.41, 5.74) is 0. The molecule has 0 fully saturated rings. The number of hydrogen-bond acceptors (Lipinski definition) is 7. The van der Waals surface area contributed by atoms with Gasteiger partial charge in [-0.15, -0.1) is 10.2 Å². The molecule has 15 heavy (non-hydrogen) atoms. The number of hydrogen-bond donors (Lipinski definition) is 2. The highest BCUT2D eigenvalue weighted by molar-refractivity contribution is 5.89. The van der Waals surface area contributed by atoms with Crippen LogP contribution in [0.15, 0.2) is 4.52 Å². The lowest BCUT2D eigenvalue weighted by Gasteiger charge is -1.95. The number of amides is 1. The molecule has 0 atom stereocenters. The summed E-state index contributed by atoms with van der Waals surface area (Å²) >= 11 is 0. The lowest BCUT2D eigenvalue weighted by atomic mass is 10.5. The molecule has 2 aromatic heterocycles. The lowest BCUT2D eigenvalue weighted by Crippen LogP contribution is -2.24. The summed E-state index contributed by atoms with van der Waals surface area (Å²) < 4.78 is 4.73. The van der Waals surface area contributed by atoms with Gasteiger partial charge in [0.05, 0.1) is 6.54 Å². The summed E-state index contributed by atoms with van der Waals surface area (Å²) in [7, 11) is 0. The maximum absolute atomic E-state index is 11.3. The normalized spacial score (nSPS) is 10.2. The van der Waals surface area contributed by atoms with Gasteiger partial charge in [0, 0.05) is 6.92 Å². The van der Waals surface area contributed by atoms with E-state index >= 15 is 0 Å². The van der Waals surface area contributed by atoms with Crippen molar-refractivity contribution in [1.29, 1.82) is 0 Å². The topological polar surface area (TPSA) is 122 Å². The molecule has 0 aliphatic carbocycles. The van der Waals surface area contributed by atoms with Gasteiger partial charge < -0.3 is 9.84 Å². The van der Waals surface area contributed by atoms with E-state index in [1.165, 1.54) is 0 Å². The fourth-order valence-corrected chi connectivity index (χ4v) is 0.909. The van der Waals surface area contributed by atoms with Gasteiger partial charge in [0.1, 0.15) is 0 Å². The molecular weight excluding hydrogens is 202 g/mol. The number of carbonyl (C=O) groups excluding carboxylic acids is 1. The number of tetrazole rings is 1. The molecule has 0 spiro atoms. The molecule has 0 aliphatic heterocycles. The molecule has 2 aromatic rings. The first-order chi connectivity index (χ1) is 7.25. The van der Waals surface area contributed by atoms with E-state index in [0.717, 1.165) is 0 Å². The molecule has 0 saturated heterocycles. The zero-order valence-electron chi connectivity index (χ0n) is 7.76. The minimum atomic E-state index is -0.453. The average Bonchev–Trinajstić information content (AvgIpc) is 2.84. The highest BCUT2D eigenvalue weighted by atomic mass is 16.5. The molecule has 78 valence electrons. The number of rotatable bonds is 3. The Labute approximate surface area is 83.3 Å². The summed E-state index contributed by atoms with van der Waals surface area (Å²) in [6.45, 7) is 1.82. The van der Waals surface area contributed by atoms with Gasteiger partial charge in [-0.2, -0.15) is 10.2 Å². The summed E-state index contributed by atoms with van der Waals surface area (Å²) in [4.78, 5) is 15.2. The van der Waals surface area contributed by atoms with Crippen molar-refractivity contribution in [2.45, 2.75) is 13.5 Å². The molecule has 0 aliphatic rings. The van der Waals surface area contributed by atoms with Crippen molar-refractivity contribution in [3.63, 3.8) is 0 Å². The van der Waals surface area contributed by atoms with Crippen LogP contribution >= 0.6 is 0 Å². The van der Waals surface area contributed by atoms with Crippen LogP contribution in [-0.4, -0.2) is 36.7 Å². The van der Waals surface area contributed by atoms with Crippen molar-refractivity contribution < 1.29 is 9.32 Å². The SMILES string of the molecule is Cc1nc(CNC(=O)c2nn[nH]n2)no1. The number of nitrogens with zero attached hydrogens (tertiary/aromatic N) is 5. The van der Waals surface area contributed by atoms with Gasteiger partial charge in [0.2, 0.25) is 5.89 Å². The van der Waals surface area contributed by atoms with Crippen LogP contribution in [-0.2, 0) is 6.54 Å². The predicted octanol–water partition coefficient (Wildman–Crippen LogP) is -1.18. The van der Waals surface area contributed by atoms with E-state index in [9.17, 15) is 4.79 Å². The summed E-state index contributed by atoms with van der Waals surface area (Å²) in [6, 6.07) is 0. The molecule has 0 unspecified atom stereocenters. The summed E-state index contributed by atoms with van der Waals surface area (Å²) in [6.07, 6.45) is 0. The van der Waals surface area contributed by atoms with Gasteiger partial charge in [-0.1, -0.05) is 5.16 Å². The van der Waals surface area contributed by atoms with Crippen LogP contribution in [0.4, 0.5) is 0 Å². The summed E-state index contributed by atoms with van der Waals surface area (Å²) in [5.74, 6) is 0.351. The Bertz CT molecular complexity index is 448. The van der Waals surface area contributed by atoms with Gasteiger partial charge in [-0.25, -0.2) is 0 Å². The highest BCUT2D eigenvalue weighted by Gasteiger charge is 2.11. The van der Waals surface area contributed by atoms with Crippen LogP contribution in [0, 0.1) is 6.92 Å². The quantitative estimate of drug-likeness (QED) is 0.652. The van der Waals surface area contributed by atoms with E-state index in [-0.39, 0.29) is 12.4 Å². The molecule has 0 radical (unpaired) electrons. The molecule has 0 bridgehead atoms. The maximum Gasteiger partial charge on any atom is 0.293 e. The first-order valence-corrected chi connectivity index (χ1v) is 4.06. The Morgan fingerprint density at radius 2 is 2.47 bits per heavy atom. The van der Waals surface area contributed by atoms with Gasteiger partial charge in [-0.3, -0.25) is 4.79 Å². The van der Waals surface area contributed by atoms with Gasteiger partial charge in [0.25, 0.3) is 11.7 Å². The van der Waals surface area contributed by atoms with E-state index in [0.29, 0.717) is 11.7 Å². The van der Waals surface area contributed by atoms with Crippen molar-refractivity contribution in [2.24, 2.45) is 0 Å². The van der Waals surface area contributed by atoms with Crippen molar-refractivity contribution in [3.8, 4) is 0 Å². The van der Waals surface area contributed by atoms with Crippen molar-refractivity contribution in [3.05, 3.63) is 17.5 Å². The average molecular weight is 209 g/mol. The van der Waals surface area contributed by atoms with Crippen LogP contribution < -0.4 is 5.32 Å². The Hall–Kier alpha value is -2.32. The fourth-order valence-electron chi connectivity index (χ4n) is 0.909. The Morgan fingerprint density at radius 3 is 3.07 bits per heavy atom. The zero-order chi connectivity index (χ0) is 10.7. The molecule has 2 heterocycles. The Kier molecular flexibility index (Phi) is 2.35. The second kappa shape index (κ2) is 3.82. The largest absolute Gasteiger partial charge is 0.342 e. The lowest BCUT2D eigenvalue weighted by molar-refractivity contribution is 0.0939. The van der Waals surface area contributed by atoms with E-state index < -0.39 is 5.91 Å².